The molecule has 0 aliphatic rings. The summed E-state index contributed by atoms with van der Waals surface area (Å²) in [6.07, 6.45) is -8.12. The molecule has 0 heterocycles. The van der Waals surface area contributed by atoms with Crippen LogP contribution in [0.3, 0.4) is 0 Å². The molecule has 192 valence electrons. The Morgan fingerprint density at radius 1 is 1.00 bits per heavy atom. The molecule has 1 amide bonds. The minimum absolute atomic E-state index is 0.0219. The monoisotopic (exact) mass is 562 g/mol. The molecule has 0 fully saturated rings. The summed E-state index contributed by atoms with van der Waals surface area (Å²) < 4.78 is 55.3. The number of anilines is 1. The van der Waals surface area contributed by atoms with Crippen molar-refractivity contribution in [2.75, 3.05) is 12.3 Å². The first kappa shape index (κ1) is 27.9. The van der Waals surface area contributed by atoms with E-state index in [-0.39, 0.29) is 34.4 Å². The number of amides is 1. The molecule has 0 spiro atoms. The van der Waals surface area contributed by atoms with E-state index in [1.165, 1.54) is 17.0 Å². The van der Waals surface area contributed by atoms with E-state index in [4.69, 9.17) is 40.5 Å². The van der Waals surface area contributed by atoms with Gasteiger partial charge in [-0.15, -0.1) is 0 Å². The summed E-state index contributed by atoms with van der Waals surface area (Å²) in [5.41, 5.74) is 8.27. The van der Waals surface area contributed by atoms with Gasteiger partial charge in [0.1, 0.15) is 5.75 Å². The van der Waals surface area contributed by atoms with Gasteiger partial charge in [-0.25, -0.2) is 0 Å². The van der Waals surface area contributed by atoms with Crippen LogP contribution in [0.4, 0.5) is 23.2 Å². The Balaban J connectivity index is 1.87. The van der Waals surface area contributed by atoms with Gasteiger partial charge in [0.25, 0.3) is 5.91 Å². The topological polar surface area (TPSA) is 55.6 Å². The molecule has 0 saturated carbocycles. The van der Waals surface area contributed by atoms with Crippen molar-refractivity contribution >= 4 is 46.4 Å². The first-order valence-corrected chi connectivity index (χ1v) is 11.7. The van der Waals surface area contributed by atoms with Gasteiger partial charge >= 0.3 is 12.5 Å². The minimum atomic E-state index is -4.62. The second-order valence-corrected chi connectivity index (χ2v) is 9.19. The molecule has 4 nitrogen and oxygen atoms in total. The van der Waals surface area contributed by atoms with E-state index in [2.05, 4.69) is 4.74 Å². The van der Waals surface area contributed by atoms with Crippen LogP contribution in [0, 0.1) is 6.92 Å². The van der Waals surface area contributed by atoms with Gasteiger partial charge in [-0.05, 0) is 60.4 Å². The van der Waals surface area contributed by atoms with Crippen molar-refractivity contribution in [3.05, 3.63) is 91.9 Å². The molecular weight excluding hydrogens is 543 g/mol. The van der Waals surface area contributed by atoms with Crippen LogP contribution >= 0.6 is 34.8 Å². The lowest BCUT2D eigenvalue weighted by atomic mass is 10.0. The molecule has 36 heavy (non-hydrogen) atoms. The van der Waals surface area contributed by atoms with E-state index in [0.29, 0.717) is 22.6 Å². The second-order valence-electron chi connectivity index (χ2n) is 8.00. The van der Waals surface area contributed by atoms with Crippen LogP contribution in [0.5, 0.6) is 5.75 Å². The van der Waals surface area contributed by atoms with Gasteiger partial charge in [0.2, 0.25) is 0 Å². The van der Waals surface area contributed by atoms with Gasteiger partial charge in [0, 0.05) is 18.1 Å². The molecule has 2 N–H and O–H groups in total. The summed E-state index contributed by atoms with van der Waals surface area (Å²) in [5, 5.41) is 0.656. The lowest BCUT2D eigenvalue weighted by Crippen LogP contribution is -2.34. The third-order valence-corrected chi connectivity index (χ3v) is 6.46. The fourth-order valence-electron chi connectivity index (χ4n) is 3.45. The number of nitrogen functional groups attached to an aromatic ring is 1. The smallest absolute Gasteiger partial charge is 0.428 e. The molecule has 3 rings (SSSR count). The van der Waals surface area contributed by atoms with Crippen LogP contribution in [0.2, 0.25) is 15.1 Å². The Hall–Kier alpha value is -2.68. The summed E-state index contributed by atoms with van der Waals surface area (Å²) >= 11 is 18.5. The zero-order valence-corrected chi connectivity index (χ0v) is 21.1. The van der Waals surface area contributed by atoms with Crippen LogP contribution in [0.25, 0.3) is 0 Å². The maximum Gasteiger partial charge on any atom is 0.461 e. The zero-order valence-electron chi connectivity index (χ0n) is 18.9. The average Bonchev–Trinajstić information content (AvgIpc) is 2.82. The Labute approximate surface area is 220 Å². The Bertz CT molecular complexity index is 1220. The molecule has 0 atom stereocenters. The van der Waals surface area contributed by atoms with Crippen LogP contribution in [-0.2, 0) is 13.0 Å². The third-order valence-electron chi connectivity index (χ3n) is 5.32. The number of nitrogens with zero attached hydrogens (tertiary/aromatic N) is 1. The fourth-order valence-corrected chi connectivity index (χ4v) is 4.07. The zero-order chi connectivity index (χ0) is 26.6. The summed E-state index contributed by atoms with van der Waals surface area (Å²) in [7, 11) is 0. The van der Waals surface area contributed by atoms with Crippen molar-refractivity contribution in [3.8, 4) is 5.75 Å². The second kappa shape index (κ2) is 11.6. The van der Waals surface area contributed by atoms with Crippen molar-refractivity contribution in [3.63, 3.8) is 0 Å². The van der Waals surface area contributed by atoms with Gasteiger partial charge < -0.3 is 15.4 Å². The van der Waals surface area contributed by atoms with Crippen LogP contribution in [0.15, 0.2) is 54.6 Å². The van der Waals surface area contributed by atoms with Crippen molar-refractivity contribution in [1.29, 1.82) is 0 Å². The summed E-state index contributed by atoms with van der Waals surface area (Å²) in [6, 6.07) is 13.8. The molecule has 0 saturated heterocycles. The largest absolute Gasteiger partial charge is 0.461 e. The molecule has 0 unspecified atom stereocenters. The van der Waals surface area contributed by atoms with Crippen LogP contribution < -0.4 is 10.5 Å². The van der Waals surface area contributed by atoms with Crippen molar-refractivity contribution in [1.82, 2.24) is 4.90 Å². The van der Waals surface area contributed by atoms with E-state index in [0.717, 1.165) is 17.7 Å². The maximum absolute atomic E-state index is 13.6. The molecule has 0 bridgehead atoms. The molecule has 3 aromatic carbocycles. The van der Waals surface area contributed by atoms with Gasteiger partial charge in [0.05, 0.1) is 21.3 Å². The van der Waals surface area contributed by atoms with E-state index in [9.17, 15) is 22.4 Å². The quantitative estimate of drug-likeness (QED) is 0.215. The highest BCUT2D eigenvalue weighted by Crippen LogP contribution is 2.35. The average molecular weight is 564 g/mol. The number of rotatable bonds is 9. The first-order chi connectivity index (χ1) is 16.9. The normalized spacial score (nSPS) is 11.6. The molecular formula is C25H21Cl3F4N2O2. The lowest BCUT2D eigenvalue weighted by molar-refractivity contribution is -0.253. The summed E-state index contributed by atoms with van der Waals surface area (Å²) in [4.78, 5) is 15.1. The van der Waals surface area contributed by atoms with Crippen molar-refractivity contribution < 1.29 is 27.1 Å². The predicted octanol–water partition coefficient (Wildman–Crippen LogP) is 7.66. The van der Waals surface area contributed by atoms with E-state index in [1.807, 2.05) is 12.1 Å². The van der Waals surface area contributed by atoms with Crippen molar-refractivity contribution in [2.24, 2.45) is 0 Å². The highest BCUT2D eigenvalue weighted by atomic mass is 35.5. The molecule has 0 aromatic heterocycles. The molecule has 0 aliphatic heterocycles. The number of ether oxygens (including phenoxy) is 1. The number of nitrogens with two attached hydrogens (primary N) is 1. The van der Waals surface area contributed by atoms with Crippen LogP contribution in [0.1, 0.15) is 27.0 Å². The number of hydrogen-bond acceptors (Lipinski definition) is 3. The number of carbonyl (C=O) groups excluding carboxylic acids is 1. The number of benzene rings is 3. The van der Waals surface area contributed by atoms with Gasteiger partial charge in [-0.3, -0.25) is 4.79 Å². The maximum atomic E-state index is 13.6. The van der Waals surface area contributed by atoms with Gasteiger partial charge in [-0.1, -0.05) is 59.1 Å². The minimum Gasteiger partial charge on any atom is -0.428 e. The number of hydrogen-bond donors (Lipinski definition) is 1. The SMILES string of the molecule is Cc1cc(N)c(Cl)c(Cl)c1C(=O)N(CCc1ccc(Cl)cc1)Cc1ccc(OC(F)(F)C(F)F)cc1. The predicted molar refractivity (Wildman–Crippen MR) is 134 cm³/mol. The summed E-state index contributed by atoms with van der Waals surface area (Å²) in [6.45, 7) is 2.01. The first-order valence-electron chi connectivity index (χ1n) is 10.6. The van der Waals surface area contributed by atoms with Gasteiger partial charge in [-0.2, -0.15) is 17.6 Å². The number of carbonyl (C=O) groups is 1. The third kappa shape index (κ3) is 6.75. The molecule has 3 aromatic rings. The van der Waals surface area contributed by atoms with E-state index in [1.54, 1.807) is 25.1 Å². The highest BCUT2D eigenvalue weighted by molar-refractivity contribution is 6.45. The molecule has 0 radical (unpaired) electrons. The number of halogens is 7. The van der Waals surface area contributed by atoms with Gasteiger partial charge in [0.15, 0.2) is 0 Å². The standard InChI is InChI=1S/C25H21Cl3F4N2O2/c1-14-12-19(33)21(27)22(28)20(14)23(35)34(11-10-15-2-6-17(26)7-3-15)13-16-4-8-18(9-5-16)36-25(31,32)24(29)30/h2-9,12,24H,10-11,13,33H2,1H3. The highest BCUT2D eigenvalue weighted by Gasteiger charge is 2.43. The molecule has 11 heteroatoms. The summed E-state index contributed by atoms with van der Waals surface area (Å²) in [5.74, 6) is -0.856. The van der Waals surface area contributed by atoms with Crippen molar-refractivity contribution in [2.45, 2.75) is 32.4 Å². The lowest BCUT2D eigenvalue weighted by Gasteiger charge is -2.25. The van der Waals surface area contributed by atoms with Crippen LogP contribution in [-0.4, -0.2) is 29.9 Å². The van der Waals surface area contributed by atoms with E-state index < -0.39 is 24.2 Å². The Kier molecular flexibility index (Phi) is 8.98. The Morgan fingerprint density at radius 2 is 1.58 bits per heavy atom. The fraction of sp³-hybridized carbons (Fsp3) is 0.240. The van der Waals surface area contributed by atoms with E-state index >= 15 is 0 Å². The Morgan fingerprint density at radius 3 is 2.17 bits per heavy atom. The number of alkyl halides is 4. The number of aryl methyl sites for hydroxylation is 1. The molecule has 0 aliphatic carbocycles.